The lowest BCUT2D eigenvalue weighted by Crippen LogP contribution is -2.08. The van der Waals surface area contributed by atoms with Gasteiger partial charge in [0.05, 0.1) is 17.7 Å². The highest BCUT2D eigenvalue weighted by Crippen LogP contribution is 2.29. The molecule has 1 aromatic heterocycles. The van der Waals surface area contributed by atoms with Crippen molar-refractivity contribution in [3.8, 4) is 11.1 Å². The zero-order valence-corrected chi connectivity index (χ0v) is 15.9. The van der Waals surface area contributed by atoms with Gasteiger partial charge in [-0.3, -0.25) is 10.1 Å². The van der Waals surface area contributed by atoms with Crippen molar-refractivity contribution in [2.24, 2.45) is 0 Å². The topological polar surface area (TPSA) is 97.1 Å². The minimum Gasteiger partial charge on any atom is -0.465 e. The summed E-state index contributed by atoms with van der Waals surface area (Å²) >= 11 is 0. The monoisotopic (exact) mass is 398 g/mol. The van der Waals surface area contributed by atoms with Crippen LogP contribution in [-0.4, -0.2) is 32.5 Å². The fourth-order valence-electron chi connectivity index (χ4n) is 3.24. The second-order valence-electron chi connectivity index (χ2n) is 6.64. The van der Waals surface area contributed by atoms with Crippen LogP contribution in [-0.2, 0) is 6.54 Å². The van der Waals surface area contributed by atoms with Gasteiger partial charge in [0.1, 0.15) is 11.8 Å². The molecule has 148 valence electrons. The standard InChI is InChI=1S/C23H18N4O3/c28-15-17-9-11-22-21(14-17)25-26-27(22)12-4-5-16-8-10-19(18-6-2-1-3-7-18)20(13-16)24-23(29)30/h1-11,13-15,24H,12H2,(H,29,30)/b5-4+. The Morgan fingerprint density at radius 3 is 2.60 bits per heavy atom. The predicted molar refractivity (Wildman–Crippen MR) is 115 cm³/mol. The van der Waals surface area contributed by atoms with Crippen LogP contribution in [0, 0.1) is 0 Å². The van der Waals surface area contributed by atoms with Gasteiger partial charge in [0.25, 0.3) is 0 Å². The number of amides is 1. The van der Waals surface area contributed by atoms with Gasteiger partial charge >= 0.3 is 6.09 Å². The van der Waals surface area contributed by atoms with E-state index in [0.717, 1.165) is 28.5 Å². The number of nitrogens with one attached hydrogen (secondary N) is 1. The summed E-state index contributed by atoms with van der Waals surface area (Å²) in [6.07, 6.45) is 3.48. The lowest BCUT2D eigenvalue weighted by molar-refractivity contribution is 0.112. The average molecular weight is 398 g/mol. The number of carbonyl (C=O) groups excluding carboxylic acids is 1. The van der Waals surface area contributed by atoms with E-state index in [2.05, 4.69) is 15.6 Å². The van der Waals surface area contributed by atoms with Crippen molar-refractivity contribution < 1.29 is 14.7 Å². The first-order chi connectivity index (χ1) is 14.6. The minimum atomic E-state index is -1.11. The van der Waals surface area contributed by atoms with Gasteiger partial charge in [-0.2, -0.15) is 0 Å². The lowest BCUT2D eigenvalue weighted by atomic mass is 10.0. The molecular formula is C23H18N4O3. The van der Waals surface area contributed by atoms with Crippen LogP contribution in [0.5, 0.6) is 0 Å². The number of rotatable bonds is 6. The van der Waals surface area contributed by atoms with Crippen LogP contribution >= 0.6 is 0 Å². The van der Waals surface area contributed by atoms with Crippen LogP contribution in [0.1, 0.15) is 15.9 Å². The number of carboxylic acid groups (broad SMARTS) is 1. The van der Waals surface area contributed by atoms with Crippen molar-refractivity contribution in [1.82, 2.24) is 15.0 Å². The Morgan fingerprint density at radius 1 is 1.03 bits per heavy atom. The first-order valence-electron chi connectivity index (χ1n) is 9.28. The van der Waals surface area contributed by atoms with Crippen molar-refractivity contribution in [3.05, 3.63) is 83.9 Å². The Morgan fingerprint density at radius 2 is 1.83 bits per heavy atom. The van der Waals surface area contributed by atoms with Gasteiger partial charge in [0.2, 0.25) is 0 Å². The summed E-state index contributed by atoms with van der Waals surface area (Å²) in [7, 11) is 0. The predicted octanol–water partition coefficient (Wildman–Crippen LogP) is 4.71. The van der Waals surface area contributed by atoms with E-state index in [4.69, 9.17) is 0 Å². The minimum absolute atomic E-state index is 0.485. The molecule has 0 fully saturated rings. The molecule has 0 radical (unpaired) electrons. The third-order valence-corrected chi connectivity index (χ3v) is 4.63. The average Bonchev–Trinajstić information content (AvgIpc) is 3.16. The Hall–Kier alpha value is -4.26. The van der Waals surface area contributed by atoms with Gasteiger partial charge in [0.15, 0.2) is 0 Å². The maximum absolute atomic E-state index is 11.2. The van der Waals surface area contributed by atoms with Gasteiger partial charge in [0, 0.05) is 11.1 Å². The quantitative estimate of drug-likeness (QED) is 0.458. The van der Waals surface area contributed by atoms with E-state index < -0.39 is 6.09 Å². The summed E-state index contributed by atoms with van der Waals surface area (Å²) in [6.45, 7) is 0.485. The van der Waals surface area contributed by atoms with Crippen LogP contribution in [0.15, 0.2) is 72.8 Å². The molecule has 0 spiro atoms. The third-order valence-electron chi connectivity index (χ3n) is 4.63. The maximum atomic E-state index is 11.2. The van der Waals surface area contributed by atoms with E-state index in [9.17, 15) is 14.7 Å². The molecule has 7 heteroatoms. The fraction of sp³-hybridized carbons (Fsp3) is 0.0435. The molecule has 0 aliphatic carbocycles. The molecule has 1 heterocycles. The molecule has 0 aliphatic rings. The molecule has 4 rings (SSSR count). The summed E-state index contributed by atoms with van der Waals surface area (Å²) < 4.78 is 1.73. The van der Waals surface area contributed by atoms with Crippen LogP contribution in [0.4, 0.5) is 10.5 Å². The number of allylic oxidation sites excluding steroid dienone is 1. The van der Waals surface area contributed by atoms with Gasteiger partial charge < -0.3 is 5.11 Å². The number of hydrogen-bond acceptors (Lipinski definition) is 4. The summed E-state index contributed by atoms with van der Waals surface area (Å²) in [5.41, 5.74) is 5.16. The summed E-state index contributed by atoms with van der Waals surface area (Å²) in [6, 6.07) is 20.5. The van der Waals surface area contributed by atoms with Crippen molar-refractivity contribution in [2.75, 3.05) is 5.32 Å². The number of aromatic nitrogens is 3. The Balaban J connectivity index is 1.58. The van der Waals surface area contributed by atoms with Gasteiger partial charge in [-0.05, 0) is 35.4 Å². The second kappa shape index (κ2) is 8.40. The molecule has 0 saturated heterocycles. The molecule has 30 heavy (non-hydrogen) atoms. The number of anilines is 1. The van der Waals surface area contributed by atoms with Crippen LogP contribution in [0.3, 0.4) is 0 Å². The normalized spacial score (nSPS) is 11.1. The van der Waals surface area contributed by atoms with Gasteiger partial charge in [-0.1, -0.05) is 59.8 Å². The lowest BCUT2D eigenvalue weighted by Gasteiger charge is -2.10. The van der Waals surface area contributed by atoms with E-state index in [1.165, 1.54) is 0 Å². The van der Waals surface area contributed by atoms with E-state index in [1.807, 2.05) is 60.7 Å². The van der Waals surface area contributed by atoms with Crippen LogP contribution < -0.4 is 5.32 Å². The van der Waals surface area contributed by atoms with E-state index >= 15 is 0 Å². The molecule has 0 atom stereocenters. The highest BCUT2D eigenvalue weighted by molar-refractivity contribution is 5.91. The van der Waals surface area contributed by atoms with Crippen LogP contribution in [0.25, 0.3) is 28.2 Å². The van der Waals surface area contributed by atoms with E-state index in [-0.39, 0.29) is 0 Å². The summed E-state index contributed by atoms with van der Waals surface area (Å²) in [5.74, 6) is 0. The first-order valence-corrected chi connectivity index (χ1v) is 9.28. The summed E-state index contributed by atoms with van der Waals surface area (Å²) in [5, 5.41) is 19.9. The summed E-state index contributed by atoms with van der Waals surface area (Å²) in [4.78, 5) is 22.1. The zero-order chi connectivity index (χ0) is 20.9. The Bertz CT molecular complexity index is 1250. The Labute approximate surface area is 172 Å². The van der Waals surface area contributed by atoms with Crippen molar-refractivity contribution in [3.63, 3.8) is 0 Å². The number of nitrogens with zero attached hydrogens (tertiary/aromatic N) is 3. The molecule has 1 amide bonds. The number of benzene rings is 3. The molecule has 4 aromatic rings. The highest BCUT2D eigenvalue weighted by atomic mass is 16.4. The van der Waals surface area contributed by atoms with E-state index in [0.29, 0.717) is 23.3 Å². The van der Waals surface area contributed by atoms with Crippen molar-refractivity contribution in [1.29, 1.82) is 0 Å². The van der Waals surface area contributed by atoms with Crippen LogP contribution in [0.2, 0.25) is 0 Å². The first kappa shape index (κ1) is 19.1. The Kier molecular flexibility index (Phi) is 5.34. The second-order valence-corrected chi connectivity index (χ2v) is 6.64. The van der Waals surface area contributed by atoms with E-state index in [1.54, 1.807) is 22.9 Å². The number of aldehydes is 1. The number of carbonyl (C=O) groups is 2. The molecule has 0 saturated carbocycles. The maximum Gasteiger partial charge on any atom is 0.409 e. The molecule has 0 bridgehead atoms. The van der Waals surface area contributed by atoms with Crippen molar-refractivity contribution in [2.45, 2.75) is 6.54 Å². The molecule has 7 nitrogen and oxygen atoms in total. The molecule has 0 aliphatic heterocycles. The van der Waals surface area contributed by atoms with Gasteiger partial charge in [-0.15, -0.1) is 5.10 Å². The third kappa shape index (κ3) is 4.10. The fourth-order valence-corrected chi connectivity index (χ4v) is 3.24. The van der Waals surface area contributed by atoms with Gasteiger partial charge in [-0.25, -0.2) is 9.48 Å². The molecular weight excluding hydrogens is 380 g/mol. The zero-order valence-electron chi connectivity index (χ0n) is 15.9. The smallest absolute Gasteiger partial charge is 0.409 e. The molecule has 2 N–H and O–H groups in total. The highest BCUT2D eigenvalue weighted by Gasteiger charge is 2.08. The number of fused-ring (bicyclic) bond motifs is 1. The SMILES string of the molecule is O=Cc1ccc2c(c1)nnn2C/C=C/c1ccc(-c2ccccc2)c(NC(=O)O)c1. The molecule has 0 unspecified atom stereocenters. The number of hydrogen-bond donors (Lipinski definition) is 2. The largest absolute Gasteiger partial charge is 0.465 e. The molecule has 3 aromatic carbocycles. The van der Waals surface area contributed by atoms with Crippen molar-refractivity contribution >= 4 is 35.2 Å².